The Bertz CT molecular complexity index is 557. The molecule has 0 aliphatic rings. The summed E-state index contributed by atoms with van der Waals surface area (Å²) in [6.45, 7) is 2.39. The van der Waals surface area contributed by atoms with Crippen LogP contribution in [0.25, 0.3) is 11.4 Å². The molecular formula is C12H14N2O3. The van der Waals surface area contributed by atoms with Crippen LogP contribution in [0.15, 0.2) is 33.6 Å². The Morgan fingerprint density at radius 1 is 1.41 bits per heavy atom. The first-order valence-electron chi connectivity index (χ1n) is 5.47. The lowest BCUT2D eigenvalue weighted by molar-refractivity contribution is 0.277. The Hall–Kier alpha value is -1.88. The highest BCUT2D eigenvalue weighted by atomic mass is 16.5. The summed E-state index contributed by atoms with van der Waals surface area (Å²) in [7, 11) is 0. The molecule has 2 aromatic rings. The van der Waals surface area contributed by atoms with E-state index in [4.69, 9.17) is 5.11 Å². The standard InChI is InChI=1S/C12H14N2O3/c1-9-5-2-3-6-10(9)11-13-17-12(16)14(11)7-4-8-15/h2-3,5-6,15H,4,7-8H2,1H3. The molecule has 0 fully saturated rings. The maximum Gasteiger partial charge on any atom is 0.441 e. The minimum atomic E-state index is -0.489. The molecule has 90 valence electrons. The van der Waals surface area contributed by atoms with E-state index >= 15 is 0 Å². The molecular weight excluding hydrogens is 220 g/mol. The van der Waals surface area contributed by atoms with Crippen molar-refractivity contribution in [3.8, 4) is 11.4 Å². The third-order valence-electron chi connectivity index (χ3n) is 2.61. The Morgan fingerprint density at radius 3 is 2.88 bits per heavy atom. The number of aromatic nitrogens is 2. The molecule has 0 aliphatic carbocycles. The predicted molar refractivity (Wildman–Crippen MR) is 62.6 cm³/mol. The third-order valence-corrected chi connectivity index (χ3v) is 2.61. The fourth-order valence-corrected chi connectivity index (χ4v) is 1.71. The normalized spacial score (nSPS) is 10.7. The van der Waals surface area contributed by atoms with E-state index in [0.717, 1.165) is 11.1 Å². The number of aliphatic hydroxyl groups is 1. The van der Waals surface area contributed by atoms with Crippen molar-refractivity contribution in [3.63, 3.8) is 0 Å². The maximum absolute atomic E-state index is 11.5. The van der Waals surface area contributed by atoms with Crippen LogP contribution < -0.4 is 5.76 Å². The Morgan fingerprint density at radius 2 is 2.18 bits per heavy atom. The number of aryl methyl sites for hydroxylation is 1. The van der Waals surface area contributed by atoms with Crippen molar-refractivity contribution in [2.75, 3.05) is 6.61 Å². The van der Waals surface area contributed by atoms with Crippen molar-refractivity contribution < 1.29 is 9.63 Å². The van der Waals surface area contributed by atoms with Gasteiger partial charge in [-0.05, 0) is 18.9 Å². The topological polar surface area (TPSA) is 68.3 Å². The van der Waals surface area contributed by atoms with Crippen LogP contribution in [-0.2, 0) is 6.54 Å². The molecule has 0 bridgehead atoms. The van der Waals surface area contributed by atoms with Gasteiger partial charge in [-0.15, -0.1) is 0 Å². The van der Waals surface area contributed by atoms with E-state index in [1.165, 1.54) is 4.57 Å². The van der Waals surface area contributed by atoms with Gasteiger partial charge >= 0.3 is 5.76 Å². The van der Waals surface area contributed by atoms with E-state index in [1.54, 1.807) is 0 Å². The lowest BCUT2D eigenvalue weighted by Crippen LogP contribution is -2.16. The zero-order chi connectivity index (χ0) is 12.3. The van der Waals surface area contributed by atoms with Crippen molar-refractivity contribution in [2.24, 2.45) is 0 Å². The Kier molecular flexibility index (Phi) is 3.39. The number of hydrogen-bond donors (Lipinski definition) is 1. The first-order chi connectivity index (χ1) is 8.24. The van der Waals surface area contributed by atoms with E-state index < -0.39 is 5.76 Å². The van der Waals surface area contributed by atoms with Gasteiger partial charge in [0.1, 0.15) is 0 Å². The van der Waals surface area contributed by atoms with Gasteiger partial charge < -0.3 is 5.11 Å². The van der Waals surface area contributed by atoms with Crippen LogP contribution in [0.2, 0.25) is 0 Å². The van der Waals surface area contributed by atoms with Crippen molar-refractivity contribution >= 4 is 0 Å². The summed E-state index contributed by atoms with van der Waals surface area (Å²) in [5.74, 6) is 0.0262. The molecule has 0 amide bonds. The summed E-state index contributed by atoms with van der Waals surface area (Å²) in [5, 5.41) is 12.6. The SMILES string of the molecule is Cc1ccccc1-c1noc(=O)n1CCCO. The van der Waals surface area contributed by atoms with E-state index in [9.17, 15) is 4.79 Å². The predicted octanol–water partition coefficient (Wildman–Crippen LogP) is 1.19. The van der Waals surface area contributed by atoms with Crippen LogP contribution in [0, 0.1) is 6.92 Å². The highest BCUT2D eigenvalue weighted by Crippen LogP contribution is 2.20. The summed E-state index contributed by atoms with van der Waals surface area (Å²) in [6.07, 6.45) is 0.500. The van der Waals surface area contributed by atoms with Gasteiger partial charge in [-0.2, -0.15) is 0 Å². The molecule has 1 heterocycles. The number of benzene rings is 1. The highest BCUT2D eigenvalue weighted by Gasteiger charge is 2.13. The molecule has 1 aromatic heterocycles. The highest BCUT2D eigenvalue weighted by molar-refractivity contribution is 5.59. The average molecular weight is 234 g/mol. The number of hydrogen-bond acceptors (Lipinski definition) is 4. The van der Waals surface area contributed by atoms with Gasteiger partial charge in [0.25, 0.3) is 0 Å². The van der Waals surface area contributed by atoms with Crippen molar-refractivity contribution in [1.82, 2.24) is 9.72 Å². The monoisotopic (exact) mass is 234 g/mol. The molecule has 5 nitrogen and oxygen atoms in total. The van der Waals surface area contributed by atoms with E-state index in [2.05, 4.69) is 9.68 Å². The summed E-state index contributed by atoms with van der Waals surface area (Å²) in [4.78, 5) is 11.5. The van der Waals surface area contributed by atoms with Crippen molar-refractivity contribution in [1.29, 1.82) is 0 Å². The zero-order valence-corrected chi connectivity index (χ0v) is 9.59. The fraction of sp³-hybridized carbons (Fsp3) is 0.333. The van der Waals surface area contributed by atoms with E-state index in [0.29, 0.717) is 18.8 Å². The van der Waals surface area contributed by atoms with Crippen molar-refractivity contribution in [3.05, 3.63) is 40.4 Å². The third kappa shape index (κ3) is 2.29. The summed E-state index contributed by atoms with van der Waals surface area (Å²) in [6, 6.07) is 7.65. The molecule has 0 atom stereocenters. The first kappa shape index (κ1) is 11.6. The lowest BCUT2D eigenvalue weighted by atomic mass is 10.1. The minimum Gasteiger partial charge on any atom is -0.396 e. The molecule has 1 aromatic carbocycles. The largest absolute Gasteiger partial charge is 0.441 e. The molecule has 0 saturated heterocycles. The van der Waals surface area contributed by atoms with Crippen molar-refractivity contribution in [2.45, 2.75) is 19.9 Å². The molecule has 2 rings (SSSR count). The lowest BCUT2D eigenvalue weighted by Gasteiger charge is -2.05. The van der Waals surface area contributed by atoms with E-state index in [1.807, 2.05) is 31.2 Å². The molecule has 17 heavy (non-hydrogen) atoms. The van der Waals surface area contributed by atoms with Gasteiger partial charge in [-0.3, -0.25) is 9.09 Å². The van der Waals surface area contributed by atoms with Gasteiger partial charge in [0.05, 0.1) is 0 Å². The summed E-state index contributed by atoms with van der Waals surface area (Å²) >= 11 is 0. The fourth-order valence-electron chi connectivity index (χ4n) is 1.71. The summed E-state index contributed by atoms with van der Waals surface area (Å²) in [5.41, 5.74) is 1.90. The average Bonchev–Trinajstić information content (AvgIpc) is 2.69. The quantitative estimate of drug-likeness (QED) is 0.862. The van der Waals surface area contributed by atoms with E-state index in [-0.39, 0.29) is 6.61 Å². The molecule has 0 saturated carbocycles. The maximum atomic E-state index is 11.5. The van der Waals surface area contributed by atoms with Crippen LogP contribution in [0.4, 0.5) is 0 Å². The number of rotatable bonds is 4. The Balaban J connectivity index is 2.46. The van der Waals surface area contributed by atoms with Crippen LogP contribution in [0.5, 0.6) is 0 Å². The summed E-state index contributed by atoms with van der Waals surface area (Å²) < 4.78 is 6.12. The molecule has 0 unspecified atom stereocenters. The molecule has 0 aliphatic heterocycles. The number of nitrogens with zero attached hydrogens (tertiary/aromatic N) is 2. The minimum absolute atomic E-state index is 0.0326. The van der Waals surface area contributed by atoms with Crippen LogP contribution in [0.1, 0.15) is 12.0 Å². The smallest absolute Gasteiger partial charge is 0.396 e. The van der Waals surface area contributed by atoms with Gasteiger partial charge in [-0.1, -0.05) is 29.4 Å². The molecule has 0 spiro atoms. The van der Waals surface area contributed by atoms with Crippen LogP contribution in [0.3, 0.4) is 0 Å². The zero-order valence-electron chi connectivity index (χ0n) is 9.59. The van der Waals surface area contributed by atoms with Gasteiger partial charge in [0, 0.05) is 18.7 Å². The second-order valence-electron chi connectivity index (χ2n) is 3.82. The second-order valence-corrected chi connectivity index (χ2v) is 3.82. The van der Waals surface area contributed by atoms with Gasteiger partial charge in [0.2, 0.25) is 0 Å². The Labute approximate surface area is 98.3 Å². The number of aliphatic hydroxyl groups excluding tert-OH is 1. The second kappa shape index (κ2) is 4.97. The van der Waals surface area contributed by atoms with Crippen LogP contribution in [-0.4, -0.2) is 21.4 Å². The van der Waals surface area contributed by atoms with Gasteiger partial charge in [0.15, 0.2) is 5.82 Å². The molecule has 0 radical (unpaired) electrons. The first-order valence-corrected chi connectivity index (χ1v) is 5.47. The van der Waals surface area contributed by atoms with Gasteiger partial charge in [-0.25, -0.2) is 4.79 Å². The van der Waals surface area contributed by atoms with Crippen LogP contribution >= 0.6 is 0 Å². The molecule has 5 heteroatoms. The molecule has 1 N–H and O–H groups in total.